The molecule has 94 valence electrons. The fourth-order valence-corrected chi connectivity index (χ4v) is 1.53. The SMILES string of the molecule is CCO[C@H](C)C(=O)N[C@@H](CO)c1ccccc1. The van der Waals surface area contributed by atoms with Crippen molar-refractivity contribution in [1.82, 2.24) is 5.32 Å². The lowest BCUT2D eigenvalue weighted by Crippen LogP contribution is -2.38. The van der Waals surface area contributed by atoms with Crippen LogP contribution in [0.25, 0.3) is 0 Å². The van der Waals surface area contributed by atoms with E-state index in [0.717, 1.165) is 5.56 Å². The molecule has 1 rings (SSSR count). The minimum Gasteiger partial charge on any atom is -0.394 e. The lowest BCUT2D eigenvalue weighted by molar-refractivity contribution is -0.132. The van der Waals surface area contributed by atoms with Crippen molar-refractivity contribution in [2.75, 3.05) is 13.2 Å². The van der Waals surface area contributed by atoms with E-state index in [1.54, 1.807) is 6.92 Å². The highest BCUT2D eigenvalue weighted by Gasteiger charge is 2.18. The van der Waals surface area contributed by atoms with Crippen molar-refractivity contribution in [3.05, 3.63) is 35.9 Å². The van der Waals surface area contributed by atoms with Crippen LogP contribution in [0.1, 0.15) is 25.5 Å². The highest BCUT2D eigenvalue weighted by atomic mass is 16.5. The summed E-state index contributed by atoms with van der Waals surface area (Å²) in [6.45, 7) is 3.89. The third kappa shape index (κ3) is 4.17. The van der Waals surface area contributed by atoms with Crippen LogP contribution < -0.4 is 5.32 Å². The molecule has 0 heterocycles. The lowest BCUT2D eigenvalue weighted by Gasteiger charge is -2.19. The summed E-state index contributed by atoms with van der Waals surface area (Å²) < 4.78 is 5.19. The van der Waals surface area contributed by atoms with Crippen molar-refractivity contribution in [2.24, 2.45) is 0 Å². The molecule has 0 aromatic heterocycles. The Morgan fingerprint density at radius 3 is 2.59 bits per heavy atom. The molecule has 0 radical (unpaired) electrons. The molecule has 0 aliphatic rings. The predicted octanol–water partition coefficient (Wildman–Crippen LogP) is 1.26. The number of aliphatic hydroxyl groups excluding tert-OH is 1. The van der Waals surface area contributed by atoms with Crippen LogP contribution in [0.15, 0.2) is 30.3 Å². The second-order valence-electron chi connectivity index (χ2n) is 3.75. The van der Waals surface area contributed by atoms with Crippen LogP contribution in [-0.4, -0.2) is 30.3 Å². The molecule has 1 aromatic carbocycles. The van der Waals surface area contributed by atoms with Gasteiger partial charge in [0.2, 0.25) is 5.91 Å². The topological polar surface area (TPSA) is 58.6 Å². The second-order valence-corrected chi connectivity index (χ2v) is 3.75. The summed E-state index contributed by atoms with van der Waals surface area (Å²) in [7, 11) is 0. The maximum absolute atomic E-state index is 11.7. The monoisotopic (exact) mass is 237 g/mol. The molecule has 2 N–H and O–H groups in total. The van der Waals surface area contributed by atoms with Gasteiger partial charge in [-0.3, -0.25) is 4.79 Å². The smallest absolute Gasteiger partial charge is 0.249 e. The largest absolute Gasteiger partial charge is 0.394 e. The summed E-state index contributed by atoms with van der Waals surface area (Å²) in [5, 5.41) is 12.0. The fourth-order valence-electron chi connectivity index (χ4n) is 1.53. The van der Waals surface area contributed by atoms with Crippen molar-refractivity contribution in [3.63, 3.8) is 0 Å². The zero-order chi connectivity index (χ0) is 12.7. The Labute approximate surface area is 102 Å². The molecule has 0 bridgehead atoms. The summed E-state index contributed by atoms with van der Waals surface area (Å²) in [5.74, 6) is -0.213. The Kier molecular flexibility index (Phi) is 5.66. The highest BCUT2D eigenvalue weighted by molar-refractivity contribution is 5.80. The van der Waals surface area contributed by atoms with Crippen LogP contribution in [-0.2, 0) is 9.53 Å². The van der Waals surface area contributed by atoms with Crippen LogP contribution >= 0.6 is 0 Å². The third-order valence-electron chi connectivity index (χ3n) is 2.49. The quantitative estimate of drug-likeness (QED) is 0.783. The van der Waals surface area contributed by atoms with E-state index in [1.165, 1.54) is 0 Å². The number of nitrogens with one attached hydrogen (secondary N) is 1. The fraction of sp³-hybridized carbons (Fsp3) is 0.462. The minimum absolute atomic E-state index is 0.130. The first-order valence-corrected chi connectivity index (χ1v) is 5.76. The van der Waals surface area contributed by atoms with Crippen molar-refractivity contribution < 1.29 is 14.6 Å². The van der Waals surface area contributed by atoms with E-state index in [9.17, 15) is 9.90 Å². The third-order valence-corrected chi connectivity index (χ3v) is 2.49. The summed E-state index contributed by atoms with van der Waals surface area (Å²) in [4.78, 5) is 11.7. The molecule has 4 heteroatoms. The average Bonchev–Trinajstić information content (AvgIpc) is 2.37. The molecule has 4 nitrogen and oxygen atoms in total. The number of hydrogen-bond donors (Lipinski definition) is 2. The molecule has 0 aliphatic carbocycles. The van der Waals surface area contributed by atoms with E-state index >= 15 is 0 Å². The van der Waals surface area contributed by atoms with Gasteiger partial charge in [-0.1, -0.05) is 30.3 Å². The highest BCUT2D eigenvalue weighted by Crippen LogP contribution is 2.11. The van der Waals surface area contributed by atoms with E-state index in [0.29, 0.717) is 6.61 Å². The normalized spacial score (nSPS) is 14.1. The number of aliphatic hydroxyl groups is 1. The standard InChI is InChI=1S/C13H19NO3/c1-3-17-10(2)13(16)14-12(9-15)11-7-5-4-6-8-11/h4-8,10,12,15H,3,9H2,1-2H3,(H,14,16)/t10-,12+/m1/s1. The van der Waals surface area contributed by atoms with Crippen LogP contribution in [0, 0.1) is 0 Å². The minimum atomic E-state index is -0.502. The molecule has 1 aromatic rings. The summed E-state index contributed by atoms with van der Waals surface area (Å²) in [6.07, 6.45) is -0.502. The first-order chi connectivity index (χ1) is 8.19. The van der Waals surface area contributed by atoms with E-state index < -0.39 is 6.10 Å². The number of benzene rings is 1. The first kappa shape index (κ1) is 13.7. The van der Waals surface area contributed by atoms with Gasteiger partial charge in [0.25, 0.3) is 0 Å². The first-order valence-electron chi connectivity index (χ1n) is 5.76. The molecule has 17 heavy (non-hydrogen) atoms. The van der Waals surface area contributed by atoms with Gasteiger partial charge >= 0.3 is 0 Å². The Bertz CT molecular complexity index is 340. The van der Waals surface area contributed by atoms with Gasteiger partial charge in [0.1, 0.15) is 6.10 Å². The number of amides is 1. The van der Waals surface area contributed by atoms with Gasteiger partial charge in [-0.05, 0) is 19.4 Å². The van der Waals surface area contributed by atoms with Crippen LogP contribution in [0.3, 0.4) is 0 Å². The summed E-state index contributed by atoms with van der Waals surface area (Å²) in [5.41, 5.74) is 0.882. The lowest BCUT2D eigenvalue weighted by atomic mass is 10.1. The van der Waals surface area contributed by atoms with Gasteiger partial charge in [0.05, 0.1) is 12.6 Å². The molecular formula is C13H19NO3. The van der Waals surface area contributed by atoms with Gasteiger partial charge < -0.3 is 15.2 Å². The molecular weight excluding hydrogens is 218 g/mol. The number of carbonyl (C=O) groups excluding carboxylic acids is 1. The second kappa shape index (κ2) is 7.04. The van der Waals surface area contributed by atoms with E-state index in [1.807, 2.05) is 37.3 Å². The summed E-state index contributed by atoms with van der Waals surface area (Å²) in [6, 6.07) is 8.99. The molecule has 0 spiro atoms. The molecule has 2 atom stereocenters. The zero-order valence-electron chi connectivity index (χ0n) is 10.2. The number of hydrogen-bond acceptors (Lipinski definition) is 3. The molecule has 1 amide bonds. The zero-order valence-corrected chi connectivity index (χ0v) is 10.2. The van der Waals surface area contributed by atoms with Crippen LogP contribution in [0.5, 0.6) is 0 Å². The molecule has 0 fully saturated rings. The predicted molar refractivity (Wildman–Crippen MR) is 65.5 cm³/mol. The van der Waals surface area contributed by atoms with E-state index in [-0.39, 0.29) is 18.6 Å². The number of rotatable bonds is 6. The Balaban J connectivity index is 2.62. The van der Waals surface area contributed by atoms with Crippen LogP contribution in [0.4, 0.5) is 0 Å². The van der Waals surface area contributed by atoms with Crippen molar-refractivity contribution in [3.8, 4) is 0 Å². The maximum Gasteiger partial charge on any atom is 0.249 e. The summed E-state index contributed by atoms with van der Waals surface area (Å²) >= 11 is 0. The Morgan fingerprint density at radius 1 is 1.41 bits per heavy atom. The molecule has 0 saturated heterocycles. The average molecular weight is 237 g/mol. The molecule has 0 aliphatic heterocycles. The molecule has 0 saturated carbocycles. The van der Waals surface area contributed by atoms with Gasteiger partial charge in [-0.15, -0.1) is 0 Å². The van der Waals surface area contributed by atoms with Gasteiger partial charge in [-0.2, -0.15) is 0 Å². The molecule has 0 unspecified atom stereocenters. The van der Waals surface area contributed by atoms with Gasteiger partial charge in [0, 0.05) is 6.61 Å². The number of ether oxygens (including phenoxy) is 1. The van der Waals surface area contributed by atoms with Gasteiger partial charge in [0.15, 0.2) is 0 Å². The Morgan fingerprint density at radius 2 is 2.06 bits per heavy atom. The number of carbonyl (C=O) groups is 1. The Hall–Kier alpha value is -1.39. The maximum atomic E-state index is 11.7. The van der Waals surface area contributed by atoms with E-state index in [2.05, 4.69) is 5.32 Å². The van der Waals surface area contributed by atoms with Crippen molar-refractivity contribution in [2.45, 2.75) is 26.0 Å². The van der Waals surface area contributed by atoms with E-state index in [4.69, 9.17) is 4.74 Å². The van der Waals surface area contributed by atoms with Crippen molar-refractivity contribution >= 4 is 5.91 Å². The van der Waals surface area contributed by atoms with Crippen molar-refractivity contribution in [1.29, 1.82) is 0 Å². The van der Waals surface area contributed by atoms with Gasteiger partial charge in [-0.25, -0.2) is 0 Å². The van der Waals surface area contributed by atoms with Crippen LogP contribution in [0.2, 0.25) is 0 Å².